The maximum atomic E-state index is 13.3. The Bertz CT molecular complexity index is 1310. The van der Waals surface area contributed by atoms with Gasteiger partial charge in [0.1, 0.15) is 5.66 Å². The number of anilines is 1. The maximum absolute atomic E-state index is 13.3. The lowest BCUT2D eigenvalue weighted by Gasteiger charge is -2.48. The number of hydrogen-bond acceptors (Lipinski definition) is 3. The van der Waals surface area contributed by atoms with Gasteiger partial charge in [-0.25, -0.2) is 0 Å². The van der Waals surface area contributed by atoms with Crippen LogP contribution in [0.5, 0.6) is 0 Å². The molecule has 0 bridgehead atoms. The zero-order chi connectivity index (χ0) is 24.0. The first-order chi connectivity index (χ1) is 16.3. The van der Waals surface area contributed by atoms with Gasteiger partial charge in [-0.3, -0.25) is 19.3 Å². The SMILES string of the molecule is Cc1[nH]c2ccc(CNC(=O)CCCN3C(=O)c4ccccc4N4C(=O)CCC34C)cc2c1C. The minimum atomic E-state index is -0.680. The standard InChI is InChI=1S/C27H30N4O3/c1-17-18(2)29-22-11-10-19(15-21(17)22)16-28-24(32)9-6-14-30-26(34)20-7-4-5-8-23(20)31-25(33)12-13-27(30,31)3/h4-5,7-8,10-11,15,29H,6,9,12-14,16H2,1-3H3,(H,28,32). The maximum Gasteiger partial charge on any atom is 0.257 e. The third-order valence-corrected chi connectivity index (χ3v) is 7.39. The largest absolute Gasteiger partial charge is 0.358 e. The summed E-state index contributed by atoms with van der Waals surface area (Å²) in [5, 5.41) is 4.18. The molecular formula is C27H30N4O3. The lowest BCUT2D eigenvalue weighted by molar-refractivity contribution is -0.121. The summed E-state index contributed by atoms with van der Waals surface area (Å²) in [5.41, 5.74) is 5.10. The Balaban J connectivity index is 1.21. The predicted octanol–water partition coefficient (Wildman–Crippen LogP) is 4.18. The number of fused-ring (bicyclic) bond motifs is 4. The van der Waals surface area contributed by atoms with Crippen molar-refractivity contribution >= 4 is 34.3 Å². The first-order valence-corrected chi connectivity index (χ1v) is 11.9. The van der Waals surface area contributed by atoms with Crippen molar-refractivity contribution in [3.05, 3.63) is 64.8 Å². The Labute approximate surface area is 199 Å². The van der Waals surface area contributed by atoms with E-state index in [0.29, 0.717) is 50.0 Å². The molecule has 1 atom stereocenters. The minimum Gasteiger partial charge on any atom is -0.358 e. The molecule has 176 valence electrons. The van der Waals surface area contributed by atoms with E-state index >= 15 is 0 Å². The van der Waals surface area contributed by atoms with Gasteiger partial charge in [0.2, 0.25) is 11.8 Å². The molecule has 2 N–H and O–H groups in total. The van der Waals surface area contributed by atoms with Gasteiger partial charge in [-0.15, -0.1) is 0 Å². The van der Waals surface area contributed by atoms with Crippen molar-refractivity contribution in [2.24, 2.45) is 0 Å². The number of amides is 3. The van der Waals surface area contributed by atoms with Gasteiger partial charge < -0.3 is 15.2 Å². The molecule has 34 heavy (non-hydrogen) atoms. The second kappa shape index (κ2) is 8.31. The van der Waals surface area contributed by atoms with Crippen molar-refractivity contribution < 1.29 is 14.4 Å². The van der Waals surface area contributed by atoms with Crippen LogP contribution in [0.1, 0.15) is 59.8 Å². The van der Waals surface area contributed by atoms with Crippen LogP contribution in [-0.2, 0) is 16.1 Å². The smallest absolute Gasteiger partial charge is 0.257 e. The first kappa shape index (κ1) is 22.2. The Morgan fingerprint density at radius 1 is 1.15 bits per heavy atom. The quantitative estimate of drug-likeness (QED) is 0.581. The van der Waals surface area contributed by atoms with Gasteiger partial charge >= 0.3 is 0 Å². The van der Waals surface area contributed by atoms with Gasteiger partial charge in [-0.2, -0.15) is 0 Å². The second-order valence-corrected chi connectivity index (χ2v) is 9.56. The monoisotopic (exact) mass is 458 g/mol. The highest BCUT2D eigenvalue weighted by molar-refractivity contribution is 6.10. The number of carbonyl (C=O) groups excluding carboxylic acids is 3. The molecule has 2 aliphatic heterocycles. The van der Waals surface area contributed by atoms with Crippen molar-refractivity contribution in [1.82, 2.24) is 15.2 Å². The van der Waals surface area contributed by atoms with Crippen LogP contribution in [-0.4, -0.2) is 39.8 Å². The lowest BCUT2D eigenvalue weighted by Crippen LogP contribution is -2.62. The van der Waals surface area contributed by atoms with Crippen LogP contribution in [0.15, 0.2) is 42.5 Å². The summed E-state index contributed by atoms with van der Waals surface area (Å²) in [6.45, 7) is 7.00. The van der Waals surface area contributed by atoms with Crippen molar-refractivity contribution in [3.8, 4) is 0 Å². The summed E-state index contributed by atoms with van der Waals surface area (Å²) in [7, 11) is 0. The van der Waals surface area contributed by atoms with Gasteiger partial charge in [0.25, 0.3) is 5.91 Å². The van der Waals surface area contributed by atoms with E-state index in [9.17, 15) is 14.4 Å². The zero-order valence-corrected chi connectivity index (χ0v) is 19.9. The molecule has 1 fully saturated rings. The van der Waals surface area contributed by atoms with Crippen LogP contribution in [0, 0.1) is 13.8 Å². The molecule has 3 heterocycles. The number of aromatic nitrogens is 1. The highest BCUT2D eigenvalue weighted by Gasteiger charge is 2.52. The zero-order valence-electron chi connectivity index (χ0n) is 19.9. The van der Waals surface area contributed by atoms with E-state index in [-0.39, 0.29) is 17.7 Å². The first-order valence-electron chi connectivity index (χ1n) is 11.9. The summed E-state index contributed by atoms with van der Waals surface area (Å²) in [6, 6.07) is 13.5. The van der Waals surface area contributed by atoms with Crippen LogP contribution in [0.25, 0.3) is 10.9 Å². The normalized spacial score (nSPS) is 19.5. The number of para-hydroxylation sites is 1. The fourth-order valence-electron chi connectivity index (χ4n) is 5.35. The summed E-state index contributed by atoms with van der Waals surface area (Å²) < 4.78 is 0. The highest BCUT2D eigenvalue weighted by atomic mass is 16.2. The Morgan fingerprint density at radius 2 is 1.94 bits per heavy atom. The fourth-order valence-corrected chi connectivity index (χ4v) is 5.35. The molecule has 2 aromatic carbocycles. The van der Waals surface area contributed by atoms with Crippen molar-refractivity contribution in [1.29, 1.82) is 0 Å². The van der Waals surface area contributed by atoms with Crippen LogP contribution in [0.2, 0.25) is 0 Å². The molecule has 3 amide bonds. The molecule has 0 aliphatic carbocycles. The average Bonchev–Trinajstić information content (AvgIpc) is 3.29. The number of benzene rings is 2. The Morgan fingerprint density at radius 3 is 2.76 bits per heavy atom. The molecule has 5 rings (SSSR count). The number of nitrogens with zero attached hydrogens (tertiary/aromatic N) is 2. The van der Waals surface area contributed by atoms with Crippen molar-refractivity contribution in [3.63, 3.8) is 0 Å². The number of aromatic amines is 1. The van der Waals surface area contributed by atoms with E-state index in [2.05, 4.69) is 30.2 Å². The predicted molar refractivity (Wildman–Crippen MR) is 131 cm³/mol. The number of hydrogen-bond donors (Lipinski definition) is 2. The van der Waals surface area contributed by atoms with E-state index in [1.807, 2.05) is 37.3 Å². The Kier molecular flexibility index (Phi) is 5.42. The van der Waals surface area contributed by atoms with E-state index in [1.54, 1.807) is 15.9 Å². The van der Waals surface area contributed by atoms with Gasteiger partial charge in [0.05, 0.1) is 11.3 Å². The molecule has 0 spiro atoms. The molecule has 7 nitrogen and oxygen atoms in total. The molecule has 3 aromatic rings. The Hall–Kier alpha value is -3.61. The minimum absolute atomic E-state index is 0.0371. The van der Waals surface area contributed by atoms with Crippen molar-refractivity contribution in [2.75, 3.05) is 11.4 Å². The summed E-state index contributed by atoms with van der Waals surface area (Å²) >= 11 is 0. The molecule has 7 heteroatoms. The van der Waals surface area contributed by atoms with Crippen LogP contribution >= 0.6 is 0 Å². The number of aryl methyl sites for hydroxylation is 2. The van der Waals surface area contributed by atoms with Gasteiger partial charge in [-0.1, -0.05) is 18.2 Å². The van der Waals surface area contributed by atoms with Gasteiger partial charge in [0, 0.05) is 42.5 Å². The van der Waals surface area contributed by atoms with E-state index < -0.39 is 5.66 Å². The summed E-state index contributed by atoms with van der Waals surface area (Å²) in [4.78, 5) is 45.4. The third-order valence-electron chi connectivity index (χ3n) is 7.39. The number of rotatable bonds is 6. The van der Waals surface area contributed by atoms with Crippen LogP contribution in [0.4, 0.5) is 5.69 Å². The van der Waals surface area contributed by atoms with Gasteiger partial charge in [-0.05, 0) is 69.0 Å². The van der Waals surface area contributed by atoms with E-state index in [0.717, 1.165) is 16.8 Å². The highest BCUT2D eigenvalue weighted by Crippen LogP contribution is 2.44. The molecule has 1 saturated heterocycles. The van der Waals surface area contributed by atoms with E-state index in [1.165, 1.54) is 10.9 Å². The number of carbonyl (C=O) groups is 3. The number of nitrogens with one attached hydrogen (secondary N) is 2. The topological polar surface area (TPSA) is 85.5 Å². The van der Waals surface area contributed by atoms with Gasteiger partial charge in [0.15, 0.2) is 0 Å². The average molecular weight is 459 g/mol. The molecule has 0 saturated carbocycles. The lowest BCUT2D eigenvalue weighted by atomic mass is 9.98. The summed E-state index contributed by atoms with van der Waals surface area (Å²) in [6.07, 6.45) is 1.87. The van der Waals surface area contributed by atoms with Crippen LogP contribution < -0.4 is 10.2 Å². The second-order valence-electron chi connectivity index (χ2n) is 9.56. The third kappa shape index (κ3) is 3.56. The number of H-pyrrole nitrogens is 1. The van der Waals surface area contributed by atoms with Crippen LogP contribution in [0.3, 0.4) is 0 Å². The molecule has 1 unspecified atom stereocenters. The fraction of sp³-hybridized carbons (Fsp3) is 0.370. The summed E-state index contributed by atoms with van der Waals surface area (Å²) in [5.74, 6) is -0.0821. The molecule has 0 radical (unpaired) electrons. The molecule has 1 aromatic heterocycles. The van der Waals surface area contributed by atoms with Crippen molar-refractivity contribution in [2.45, 2.75) is 58.7 Å². The molecule has 2 aliphatic rings. The van der Waals surface area contributed by atoms with E-state index in [4.69, 9.17) is 0 Å². The molecular weight excluding hydrogens is 428 g/mol.